The van der Waals surface area contributed by atoms with E-state index in [1.54, 1.807) is 20.8 Å². The van der Waals surface area contributed by atoms with E-state index >= 15 is 0 Å². The number of esters is 1. The summed E-state index contributed by atoms with van der Waals surface area (Å²) in [6.07, 6.45) is 0.842. The van der Waals surface area contributed by atoms with E-state index in [1.807, 2.05) is 13.8 Å². The fraction of sp³-hybridized carbons (Fsp3) is 0.867. The molecule has 118 valence electrons. The second kappa shape index (κ2) is 7.62. The first-order valence-electron chi connectivity index (χ1n) is 7.30. The molecule has 0 amide bonds. The van der Waals surface area contributed by atoms with E-state index in [4.69, 9.17) is 4.74 Å². The monoisotopic (exact) mass is 288 g/mol. The van der Waals surface area contributed by atoms with Gasteiger partial charge in [-0.2, -0.15) is 0 Å². The first-order valence-corrected chi connectivity index (χ1v) is 7.30. The third-order valence-corrected chi connectivity index (χ3v) is 3.78. The van der Waals surface area contributed by atoms with E-state index in [0.717, 1.165) is 0 Å². The zero-order valence-electron chi connectivity index (χ0n) is 13.2. The molecule has 20 heavy (non-hydrogen) atoms. The normalized spacial score (nSPS) is 14.9. The van der Waals surface area contributed by atoms with Gasteiger partial charge in [0.2, 0.25) is 0 Å². The van der Waals surface area contributed by atoms with Crippen LogP contribution >= 0.6 is 0 Å². The maximum Gasteiger partial charge on any atom is 0.323 e. The molecule has 5 nitrogen and oxygen atoms in total. The zero-order valence-corrected chi connectivity index (χ0v) is 13.2. The predicted octanol–water partition coefficient (Wildman–Crippen LogP) is 2.61. The summed E-state index contributed by atoms with van der Waals surface area (Å²) in [6, 6.07) is 0. The molecule has 0 radical (unpaired) electrons. The number of hydrogen-bond acceptors (Lipinski definition) is 4. The van der Waals surface area contributed by atoms with Gasteiger partial charge in [0.1, 0.15) is 0 Å². The molecule has 2 N–H and O–H groups in total. The molecule has 5 heteroatoms. The molecule has 0 saturated heterocycles. The van der Waals surface area contributed by atoms with Crippen LogP contribution in [0.1, 0.15) is 60.3 Å². The fourth-order valence-corrected chi connectivity index (χ4v) is 2.51. The molecule has 0 aromatic carbocycles. The van der Waals surface area contributed by atoms with Gasteiger partial charge in [-0.1, -0.05) is 27.7 Å². The standard InChI is InChI=1S/C15H28O5/c1-6-14(19,7-2)10-15(12(16)17,9-11(4)5)13(18)20-8-3/h11,19H,6-10H2,1-5H3,(H,16,17). The Labute approximate surface area is 121 Å². The molecule has 0 rings (SSSR count). The van der Waals surface area contributed by atoms with Crippen LogP contribution in [0.4, 0.5) is 0 Å². The highest BCUT2D eigenvalue weighted by Gasteiger charge is 2.52. The number of aliphatic carboxylic acids is 1. The molecule has 1 unspecified atom stereocenters. The van der Waals surface area contributed by atoms with Crippen LogP contribution in [0.15, 0.2) is 0 Å². The molecule has 0 saturated carbocycles. The highest BCUT2D eigenvalue weighted by atomic mass is 16.5. The van der Waals surface area contributed by atoms with E-state index in [9.17, 15) is 19.8 Å². The SMILES string of the molecule is CCOC(=O)C(CC(C)C)(CC(O)(CC)CC)C(=O)O. The quantitative estimate of drug-likeness (QED) is 0.503. The number of hydrogen-bond donors (Lipinski definition) is 2. The van der Waals surface area contributed by atoms with Gasteiger partial charge in [-0.05, 0) is 32.1 Å². The Hall–Kier alpha value is -1.10. The van der Waals surface area contributed by atoms with E-state index in [1.165, 1.54) is 0 Å². The number of carbonyl (C=O) groups is 2. The molecule has 0 bridgehead atoms. The number of aliphatic hydroxyl groups is 1. The number of ether oxygens (including phenoxy) is 1. The van der Waals surface area contributed by atoms with Gasteiger partial charge in [0.05, 0.1) is 12.2 Å². The van der Waals surface area contributed by atoms with Gasteiger partial charge < -0.3 is 14.9 Å². The first kappa shape index (κ1) is 18.9. The molecule has 0 spiro atoms. The van der Waals surface area contributed by atoms with Gasteiger partial charge in [-0.15, -0.1) is 0 Å². The molecule has 0 heterocycles. The summed E-state index contributed by atoms with van der Waals surface area (Å²) < 4.78 is 4.97. The van der Waals surface area contributed by atoms with Crippen LogP contribution in [-0.2, 0) is 14.3 Å². The van der Waals surface area contributed by atoms with Crippen molar-refractivity contribution in [3.8, 4) is 0 Å². The lowest BCUT2D eigenvalue weighted by Crippen LogP contribution is -2.48. The average Bonchev–Trinajstić information content (AvgIpc) is 2.37. The van der Waals surface area contributed by atoms with Crippen molar-refractivity contribution in [2.45, 2.75) is 65.9 Å². The van der Waals surface area contributed by atoms with E-state index in [2.05, 4.69) is 0 Å². The molecule has 0 fully saturated rings. The van der Waals surface area contributed by atoms with Crippen molar-refractivity contribution in [1.29, 1.82) is 0 Å². The molecule has 1 atom stereocenters. The van der Waals surface area contributed by atoms with Gasteiger partial charge in [0.15, 0.2) is 5.41 Å². The van der Waals surface area contributed by atoms with Gasteiger partial charge >= 0.3 is 11.9 Å². The Kier molecular flexibility index (Phi) is 7.20. The molecular formula is C15H28O5. The summed E-state index contributed by atoms with van der Waals surface area (Å²) in [5.74, 6) is -1.96. The first-order chi connectivity index (χ1) is 9.17. The smallest absolute Gasteiger partial charge is 0.323 e. The minimum Gasteiger partial charge on any atom is -0.480 e. The average molecular weight is 288 g/mol. The topological polar surface area (TPSA) is 83.8 Å². The van der Waals surface area contributed by atoms with Gasteiger partial charge in [-0.3, -0.25) is 9.59 Å². The van der Waals surface area contributed by atoms with Crippen LogP contribution in [-0.4, -0.2) is 34.4 Å². The summed E-state index contributed by atoms with van der Waals surface area (Å²) in [7, 11) is 0. The minimum absolute atomic E-state index is 0.00784. The van der Waals surface area contributed by atoms with Gasteiger partial charge in [0, 0.05) is 6.42 Å². The maximum atomic E-state index is 12.2. The number of carboxylic acids is 1. The van der Waals surface area contributed by atoms with Crippen molar-refractivity contribution in [1.82, 2.24) is 0 Å². The van der Waals surface area contributed by atoms with Crippen LogP contribution in [0, 0.1) is 11.3 Å². The number of carbonyl (C=O) groups excluding carboxylic acids is 1. The Balaban J connectivity index is 5.62. The highest BCUT2D eigenvalue weighted by molar-refractivity contribution is 5.99. The summed E-state index contributed by atoms with van der Waals surface area (Å²) >= 11 is 0. The lowest BCUT2D eigenvalue weighted by molar-refractivity contribution is -0.176. The summed E-state index contributed by atoms with van der Waals surface area (Å²) in [4.78, 5) is 24.0. The van der Waals surface area contributed by atoms with Crippen molar-refractivity contribution in [2.75, 3.05) is 6.61 Å². The second-order valence-corrected chi connectivity index (χ2v) is 5.81. The Morgan fingerprint density at radius 3 is 1.95 bits per heavy atom. The van der Waals surface area contributed by atoms with E-state index in [-0.39, 0.29) is 25.4 Å². The van der Waals surface area contributed by atoms with E-state index in [0.29, 0.717) is 12.8 Å². The second-order valence-electron chi connectivity index (χ2n) is 5.81. The van der Waals surface area contributed by atoms with Crippen molar-refractivity contribution < 1.29 is 24.5 Å². The maximum absolute atomic E-state index is 12.2. The highest BCUT2D eigenvalue weighted by Crippen LogP contribution is 2.39. The zero-order chi connectivity index (χ0) is 16.0. The van der Waals surface area contributed by atoms with Crippen molar-refractivity contribution in [2.24, 2.45) is 11.3 Å². The predicted molar refractivity (Wildman–Crippen MR) is 76.3 cm³/mol. The molecule has 0 aromatic heterocycles. The van der Waals surface area contributed by atoms with Crippen LogP contribution in [0.5, 0.6) is 0 Å². The van der Waals surface area contributed by atoms with Crippen molar-refractivity contribution >= 4 is 11.9 Å². The summed E-state index contributed by atoms with van der Waals surface area (Å²) in [6.45, 7) is 9.06. The molecular weight excluding hydrogens is 260 g/mol. The third kappa shape index (κ3) is 4.47. The summed E-state index contributed by atoms with van der Waals surface area (Å²) in [5.41, 5.74) is -2.84. The van der Waals surface area contributed by atoms with Crippen molar-refractivity contribution in [3.63, 3.8) is 0 Å². The van der Waals surface area contributed by atoms with Gasteiger partial charge in [0.25, 0.3) is 0 Å². The van der Waals surface area contributed by atoms with Crippen LogP contribution < -0.4 is 0 Å². The van der Waals surface area contributed by atoms with Crippen LogP contribution in [0.2, 0.25) is 0 Å². The number of rotatable bonds is 9. The minimum atomic E-state index is -1.68. The van der Waals surface area contributed by atoms with Crippen molar-refractivity contribution in [3.05, 3.63) is 0 Å². The third-order valence-electron chi connectivity index (χ3n) is 3.78. The fourth-order valence-electron chi connectivity index (χ4n) is 2.51. The summed E-state index contributed by atoms with van der Waals surface area (Å²) in [5, 5.41) is 20.1. The molecule has 0 aliphatic rings. The largest absolute Gasteiger partial charge is 0.480 e. The van der Waals surface area contributed by atoms with Crippen LogP contribution in [0.3, 0.4) is 0 Å². The Morgan fingerprint density at radius 2 is 1.65 bits per heavy atom. The van der Waals surface area contributed by atoms with Gasteiger partial charge in [-0.25, -0.2) is 0 Å². The Morgan fingerprint density at radius 1 is 1.15 bits per heavy atom. The molecule has 0 aliphatic carbocycles. The number of carboxylic acid groups (broad SMARTS) is 1. The van der Waals surface area contributed by atoms with E-state index < -0.39 is 23.0 Å². The molecule has 0 aliphatic heterocycles. The Bertz CT molecular complexity index is 333. The molecule has 0 aromatic rings. The lowest BCUT2D eigenvalue weighted by Gasteiger charge is -2.36. The van der Waals surface area contributed by atoms with Crippen LogP contribution in [0.25, 0.3) is 0 Å². The lowest BCUT2D eigenvalue weighted by atomic mass is 9.70.